The maximum Gasteiger partial charge on any atom is 0.254 e. The molecular formula is C19H25N3O3S. The van der Waals surface area contributed by atoms with E-state index in [0.717, 1.165) is 5.69 Å². The van der Waals surface area contributed by atoms with Crippen LogP contribution in [0.4, 0.5) is 0 Å². The minimum Gasteiger partial charge on any atom is -0.332 e. The largest absolute Gasteiger partial charge is 0.332 e. The number of nitrogens with zero attached hydrogens (tertiary/aromatic N) is 2. The lowest BCUT2D eigenvalue weighted by Gasteiger charge is -2.25. The van der Waals surface area contributed by atoms with Gasteiger partial charge in [-0.2, -0.15) is 0 Å². The van der Waals surface area contributed by atoms with Gasteiger partial charge in [-0.05, 0) is 55.2 Å². The third-order valence-electron chi connectivity index (χ3n) is 4.12. The summed E-state index contributed by atoms with van der Waals surface area (Å²) in [5, 5.41) is 5.31. The first-order valence-corrected chi connectivity index (χ1v) is 9.97. The number of sulfonamides is 1. The Morgan fingerprint density at radius 3 is 2.46 bits per heavy atom. The second kappa shape index (κ2) is 7.97. The van der Waals surface area contributed by atoms with Crippen LogP contribution in [0.2, 0.25) is 0 Å². The Morgan fingerprint density at radius 1 is 1.23 bits per heavy atom. The topological polar surface area (TPSA) is 93.4 Å². The summed E-state index contributed by atoms with van der Waals surface area (Å²) in [6.07, 6.45) is 1.68. The summed E-state index contributed by atoms with van der Waals surface area (Å²) in [5.41, 5.74) is 2.36. The van der Waals surface area contributed by atoms with Crippen LogP contribution in [0, 0.1) is 19.8 Å². The number of pyridine rings is 1. The molecule has 1 aromatic heterocycles. The normalized spacial score (nSPS) is 11.6. The van der Waals surface area contributed by atoms with E-state index in [1.807, 2.05) is 32.0 Å². The van der Waals surface area contributed by atoms with E-state index in [4.69, 9.17) is 5.14 Å². The fraction of sp³-hybridized carbons (Fsp3) is 0.368. The van der Waals surface area contributed by atoms with Crippen LogP contribution in [0.15, 0.2) is 41.4 Å². The standard InChI is InChI=1S/C19H25N3O3S/c1-13(2)11-22(12-17-7-5-6-8-21-17)19(23)16-9-14(3)15(4)18(10-16)26(20,24)25/h5-10,13H,11-12H2,1-4H3,(H2,20,24,25). The highest BCUT2D eigenvalue weighted by atomic mass is 32.2. The highest BCUT2D eigenvalue weighted by Crippen LogP contribution is 2.22. The molecule has 7 heteroatoms. The third-order valence-corrected chi connectivity index (χ3v) is 5.16. The molecule has 2 N–H and O–H groups in total. The Balaban J connectivity index is 2.43. The molecule has 0 spiro atoms. The Kier molecular flexibility index (Phi) is 6.15. The van der Waals surface area contributed by atoms with Gasteiger partial charge in [0, 0.05) is 18.3 Å². The smallest absolute Gasteiger partial charge is 0.254 e. The Bertz CT molecular complexity index is 894. The minimum atomic E-state index is -3.90. The summed E-state index contributed by atoms with van der Waals surface area (Å²) in [7, 11) is -3.90. The highest BCUT2D eigenvalue weighted by Gasteiger charge is 2.22. The molecule has 0 bridgehead atoms. The van der Waals surface area contributed by atoms with Crippen molar-refractivity contribution in [2.24, 2.45) is 11.1 Å². The summed E-state index contributed by atoms with van der Waals surface area (Å²) in [4.78, 5) is 19.0. The first-order valence-electron chi connectivity index (χ1n) is 8.43. The maximum absolute atomic E-state index is 13.1. The SMILES string of the molecule is Cc1cc(C(=O)N(Cc2ccccn2)CC(C)C)cc(S(N)(=O)=O)c1C. The second-order valence-corrected chi connectivity index (χ2v) is 8.39. The predicted octanol–water partition coefficient (Wildman–Crippen LogP) is 2.64. The Labute approximate surface area is 155 Å². The van der Waals surface area contributed by atoms with Crippen molar-refractivity contribution >= 4 is 15.9 Å². The van der Waals surface area contributed by atoms with Crippen LogP contribution in [0.5, 0.6) is 0 Å². The molecule has 140 valence electrons. The van der Waals surface area contributed by atoms with Crippen LogP contribution in [-0.2, 0) is 16.6 Å². The van der Waals surface area contributed by atoms with E-state index >= 15 is 0 Å². The Morgan fingerprint density at radius 2 is 1.92 bits per heavy atom. The molecule has 0 aliphatic carbocycles. The van der Waals surface area contributed by atoms with Crippen molar-refractivity contribution in [3.05, 3.63) is 58.9 Å². The van der Waals surface area contributed by atoms with Gasteiger partial charge in [-0.1, -0.05) is 19.9 Å². The van der Waals surface area contributed by atoms with Gasteiger partial charge in [-0.15, -0.1) is 0 Å². The quantitative estimate of drug-likeness (QED) is 0.840. The van der Waals surface area contributed by atoms with E-state index in [2.05, 4.69) is 4.98 Å². The van der Waals surface area contributed by atoms with E-state index in [9.17, 15) is 13.2 Å². The average molecular weight is 375 g/mol. The zero-order valence-corrected chi connectivity index (χ0v) is 16.4. The number of rotatable bonds is 6. The molecule has 26 heavy (non-hydrogen) atoms. The van der Waals surface area contributed by atoms with Crippen LogP contribution < -0.4 is 5.14 Å². The predicted molar refractivity (Wildman–Crippen MR) is 101 cm³/mol. The number of carbonyl (C=O) groups is 1. The van der Waals surface area contributed by atoms with Crippen LogP contribution in [0.25, 0.3) is 0 Å². The van der Waals surface area contributed by atoms with Crippen molar-refractivity contribution in [2.45, 2.75) is 39.1 Å². The number of primary sulfonamides is 1. The number of amides is 1. The molecule has 0 aliphatic heterocycles. The number of aryl methyl sites for hydroxylation is 1. The van der Waals surface area contributed by atoms with Gasteiger partial charge in [0.15, 0.2) is 0 Å². The first-order chi connectivity index (χ1) is 12.1. The van der Waals surface area contributed by atoms with Crippen LogP contribution in [-0.4, -0.2) is 30.8 Å². The number of carbonyl (C=O) groups excluding carboxylic acids is 1. The van der Waals surface area contributed by atoms with Gasteiger partial charge < -0.3 is 4.90 Å². The molecule has 2 rings (SSSR count). The van der Waals surface area contributed by atoms with Gasteiger partial charge in [0.25, 0.3) is 5.91 Å². The molecule has 1 amide bonds. The summed E-state index contributed by atoms with van der Waals surface area (Å²) >= 11 is 0. The van der Waals surface area contributed by atoms with Crippen LogP contribution in [0.3, 0.4) is 0 Å². The van der Waals surface area contributed by atoms with Crippen LogP contribution in [0.1, 0.15) is 41.0 Å². The fourth-order valence-electron chi connectivity index (χ4n) is 2.78. The molecule has 1 aromatic carbocycles. The summed E-state index contributed by atoms with van der Waals surface area (Å²) in [6.45, 7) is 8.39. The zero-order chi connectivity index (χ0) is 19.5. The van der Waals surface area contributed by atoms with Gasteiger partial charge in [0.1, 0.15) is 0 Å². The summed E-state index contributed by atoms with van der Waals surface area (Å²) in [5.74, 6) is 0.0178. The lowest BCUT2D eigenvalue weighted by molar-refractivity contribution is 0.0720. The number of benzene rings is 1. The third kappa shape index (κ3) is 4.89. The molecular weight excluding hydrogens is 350 g/mol. The molecule has 0 radical (unpaired) electrons. The molecule has 0 saturated heterocycles. The van der Waals surface area contributed by atoms with Crippen LogP contribution >= 0.6 is 0 Å². The lowest BCUT2D eigenvalue weighted by atomic mass is 10.0. The van der Waals surface area contributed by atoms with E-state index in [1.54, 1.807) is 31.0 Å². The lowest BCUT2D eigenvalue weighted by Crippen LogP contribution is -2.34. The molecule has 0 aliphatic rings. The monoisotopic (exact) mass is 375 g/mol. The molecule has 6 nitrogen and oxygen atoms in total. The number of aromatic nitrogens is 1. The Hall–Kier alpha value is -2.25. The number of hydrogen-bond acceptors (Lipinski definition) is 4. The van der Waals surface area contributed by atoms with Gasteiger partial charge in [-0.3, -0.25) is 9.78 Å². The number of nitrogens with two attached hydrogens (primary N) is 1. The molecule has 0 atom stereocenters. The van der Waals surface area contributed by atoms with Crippen molar-refractivity contribution in [2.75, 3.05) is 6.54 Å². The van der Waals surface area contributed by atoms with Gasteiger partial charge in [0.05, 0.1) is 17.1 Å². The van der Waals surface area contributed by atoms with Crippen molar-refractivity contribution in [1.29, 1.82) is 0 Å². The summed E-state index contributed by atoms with van der Waals surface area (Å²) < 4.78 is 23.7. The maximum atomic E-state index is 13.1. The molecule has 1 heterocycles. The highest BCUT2D eigenvalue weighted by molar-refractivity contribution is 7.89. The first kappa shape index (κ1) is 20.1. The van der Waals surface area contributed by atoms with E-state index in [1.165, 1.54) is 6.07 Å². The molecule has 0 saturated carbocycles. The fourth-order valence-corrected chi connectivity index (χ4v) is 3.65. The van der Waals surface area contributed by atoms with Crippen molar-refractivity contribution in [3.8, 4) is 0 Å². The van der Waals surface area contributed by atoms with E-state index in [0.29, 0.717) is 29.8 Å². The average Bonchev–Trinajstić information content (AvgIpc) is 2.55. The molecule has 0 unspecified atom stereocenters. The van der Waals surface area contributed by atoms with E-state index in [-0.39, 0.29) is 16.7 Å². The minimum absolute atomic E-state index is 0.0109. The van der Waals surface area contributed by atoms with Crippen molar-refractivity contribution in [3.63, 3.8) is 0 Å². The van der Waals surface area contributed by atoms with Gasteiger partial charge in [-0.25, -0.2) is 13.6 Å². The summed E-state index contributed by atoms with van der Waals surface area (Å²) in [6, 6.07) is 8.62. The molecule has 2 aromatic rings. The molecule has 0 fully saturated rings. The van der Waals surface area contributed by atoms with Gasteiger partial charge >= 0.3 is 0 Å². The number of hydrogen-bond donors (Lipinski definition) is 1. The van der Waals surface area contributed by atoms with Crippen molar-refractivity contribution < 1.29 is 13.2 Å². The van der Waals surface area contributed by atoms with E-state index < -0.39 is 10.0 Å². The zero-order valence-electron chi connectivity index (χ0n) is 15.6. The van der Waals surface area contributed by atoms with Crippen molar-refractivity contribution in [1.82, 2.24) is 9.88 Å². The second-order valence-electron chi connectivity index (χ2n) is 6.86. The van der Waals surface area contributed by atoms with Gasteiger partial charge in [0.2, 0.25) is 10.0 Å².